The van der Waals surface area contributed by atoms with Crippen LogP contribution in [0.2, 0.25) is 0 Å². The Kier molecular flexibility index (Phi) is 7.34. The van der Waals surface area contributed by atoms with Crippen LogP contribution in [0.5, 0.6) is 0 Å². The van der Waals surface area contributed by atoms with Gasteiger partial charge < -0.3 is 0 Å². The molecule has 0 aromatic heterocycles. The van der Waals surface area contributed by atoms with E-state index in [1.165, 1.54) is 44.5 Å². The number of rotatable bonds is 3. The molecular formula is C32H35Br. The molecule has 4 aromatic rings. The minimum atomic E-state index is 0. The molecule has 0 spiro atoms. The van der Waals surface area contributed by atoms with Crippen LogP contribution in [-0.4, -0.2) is 0 Å². The van der Waals surface area contributed by atoms with Gasteiger partial charge in [0.15, 0.2) is 0 Å². The van der Waals surface area contributed by atoms with E-state index in [0.717, 1.165) is 0 Å². The molecule has 4 aromatic carbocycles. The van der Waals surface area contributed by atoms with Crippen LogP contribution in [0.15, 0.2) is 97.1 Å². The van der Waals surface area contributed by atoms with Gasteiger partial charge in [0.25, 0.3) is 0 Å². The summed E-state index contributed by atoms with van der Waals surface area (Å²) in [4.78, 5) is 0. The molecule has 0 saturated carbocycles. The molecule has 0 atom stereocenters. The van der Waals surface area contributed by atoms with Gasteiger partial charge in [-0.2, -0.15) is 0 Å². The molecule has 0 aliphatic rings. The van der Waals surface area contributed by atoms with Crippen molar-refractivity contribution < 1.29 is 0 Å². The van der Waals surface area contributed by atoms with Crippen LogP contribution in [0, 0.1) is 0 Å². The average Bonchev–Trinajstić information content (AvgIpc) is 2.78. The van der Waals surface area contributed by atoms with E-state index in [0.29, 0.717) is 0 Å². The first-order valence-electron chi connectivity index (χ1n) is 11.5. The van der Waals surface area contributed by atoms with Gasteiger partial charge in [-0.1, -0.05) is 133 Å². The molecule has 0 aliphatic carbocycles. The van der Waals surface area contributed by atoms with E-state index in [1.807, 2.05) is 0 Å². The highest BCUT2D eigenvalue weighted by atomic mass is 79.9. The Hall–Kier alpha value is -2.64. The van der Waals surface area contributed by atoms with Gasteiger partial charge in [-0.15, -0.1) is 17.0 Å². The molecule has 170 valence electrons. The summed E-state index contributed by atoms with van der Waals surface area (Å²) in [6.07, 6.45) is 0. The van der Waals surface area contributed by atoms with Gasteiger partial charge in [0, 0.05) is 0 Å². The van der Waals surface area contributed by atoms with E-state index in [-0.39, 0.29) is 27.8 Å². The summed E-state index contributed by atoms with van der Waals surface area (Å²) in [5.41, 5.74) is 10.6. The van der Waals surface area contributed by atoms with Gasteiger partial charge in [0.1, 0.15) is 0 Å². The molecule has 0 N–H and O–H groups in total. The first-order chi connectivity index (χ1) is 15.1. The molecule has 0 aliphatic heterocycles. The highest BCUT2D eigenvalue weighted by molar-refractivity contribution is 8.93. The molecule has 0 heterocycles. The molecule has 0 unspecified atom stereocenters. The Morgan fingerprint density at radius 2 is 0.848 bits per heavy atom. The molecule has 0 nitrogen and oxygen atoms in total. The first kappa shape index (κ1) is 25.0. The number of hydrogen-bond acceptors (Lipinski definition) is 0. The lowest BCUT2D eigenvalue weighted by atomic mass is 9.78. The standard InChI is InChI=1S/C32H34.BrH/c1-31(2,3)27-20-26(21-28(22-27)32(4,5)6)30-18-11-10-17-29(30)25-16-12-15-24(19-25)23-13-8-7-9-14-23;/h7-22H,1-6H3;1H. The van der Waals surface area contributed by atoms with Gasteiger partial charge >= 0.3 is 0 Å². The van der Waals surface area contributed by atoms with Crippen molar-refractivity contribution in [3.63, 3.8) is 0 Å². The summed E-state index contributed by atoms with van der Waals surface area (Å²) in [7, 11) is 0. The summed E-state index contributed by atoms with van der Waals surface area (Å²) < 4.78 is 0. The van der Waals surface area contributed by atoms with Crippen LogP contribution in [0.1, 0.15) is 52.7 Å². The molecule has 0 fully saturated rings. The number of halogens is 1. The SMILES string of the molecule is Br.CC(C)(C)c1cc(-c2ccccc2-c2cccc(-c3ccccc3)c2)cc(C(C)(C)C)c1. The Morgan fingerprint density at radius 3 is 1.39 bits per heavy atom. The number of benzene rings is 4. The average molecular weight is 500 g/mol. The maximum absolute atomic E-state index is 2.39. The van der Waals surface area contributed by atoms with E-state index >= 15 is 0 Å². The predicted molar refractivity (Wildman–Crippen MR) is 150 cm³/mol. The first-order valence-corrected chi connectivity index (χ1v) is 11.5. The monoisotopic (exact) mass is 498 g/mol. The van der Waals surface area contributed by atoms with Crippen LogP contribution >= 0.6 is 17.0 Å². The zero-order valence-electron chi connectivity index (χ0n) is 20.6. The molecule has 1 heteroatoms. The zero-order valence-corrected chi connectivity index (χ0v) is 22.4. The van der Waals surface area contributed by atoms with Gasteiger partial charge in [0.05, 0.1) is 0 Å². The van der Waals surface area contributed by atoms with Crippen LogP contribution < -0.4 is 0 Å². The van der Waals surface area contributed by atoms with E-state index in [2.05, 4.69) is 139 Å². The lowest BCUT2D eigenvalue weighted by Gasteiger charge is -2.26. The van der Waals surface area contributed by atoms with E-state index in [4.69, 9.17) is 0 Å². The van der Waals surface area contributed by atoms with Crippen molar-refractivity contribution in [2.75, 3.05) is 0 Å². The fraction of sp³-hybridized carbons (Fsp3) is 0.250. The Morgan fingerprint density at radius 1 is 0.394 bits per heavy atom. The Balaban J connectivity index is 0.00000306. The molecule has 4 rings (SSSR count). The zero-order chi connectivity index (χ0) is 22.9. The van der Waals surface area contributed by atoms with Crippen molar-refractivity contribution in [1.82, 2.24) is 0 Å². The summed E-state index contributed by atoms with van der Waals surface area (Å²) in [5, 5.41) is 0. The van der Waals surface area contributed by atoms with Crippen LogP contribution in [0.4, 0.5) is 0 Å². The summed E-state index contributed by atoms with van der Waals surface area (Å²) in [6.45, 7) is 13.8. The second-order valence-electron chi connectivity index (χ2n) is 10.8. The second-order valence-corrected chi connectivity index (χ2v) is 10.8. The van der Waals surface area contributed by atoms with Gasteiger partial charge in [-0.05, 0) is 61.4 Å². The van der Waals surface area contributed by atoms with Crippen LogP contribution in [0.25, 0.3) is 33.4 Å². The Labute approximate surface area is 210 Å². The van der Waals surface area contributed by atoms with Crippen LogP contribution in [-0.2, 0) is 10.8 Å². The minimum Gasteiger partial charge on any atom is -0.114 e. The lowest BCUT2D eigenvalue weighted by molar-refractivity contribution is 0.569. The van der Waals surface area contributed by atoms with Crippen molar-refractivity contribution in [2.45, 2.75) is 52.4 Å². The molecule has 0 amide bonds. The van der Waals surface area contributed by atoms with Gasteiger partial charge in [-0.3, -0.25) is 0 Å². The normalized spacial score (nSPS) is 11.7. The molecule has 0 bridgehead atoms. The lowest BCUT2D eigenvalue weighted by Crippen LogP contribution is -2.16. The van der Waals surface area contributed by atoms with Crippen molar-refractivity contribution in [3.8, 4) is 33.4 Å². The largest absolute Gasteiger partial charge is 0.114 e. The Bertz CT molecular complexity index is 1190. The highest BCUT2D eigenvalue weighted by Crippen LogP contribution is 2.38. The van der Waals surface area contributed by atoms with Crippen molar-refractivity contribution in [2.24, 2.45) is 0 Å². The third kappa shape index (κ3) is 5.65. The van der Waals surface area contributed by atoms with E-state index in [9.17, 15) is 0 Å². The third-order valence-electron chi connectivity index (χ3n) is 6.18. The maximum Gasteiger partial charge on any atom is -0.0105 e. The summed E-state index contributed by atoms with van der Waals surface area (Å²) >= 11 is 0. The quantitative estimate of drug-likeness (QED) is 0.263. The number of hydrogen-bond donors (Lipinski definition) is 0. The van der Waals surface area contributed by atoms with Crippen molar-refractivity contribution in [1.29, 1.82) is 0 Å². The molecular weight excluding hydrogens is 464 g/mol. The molecule has 33 heavy (non-hydrogen) atoms. The fourth-order valence-electron chi connectivity index (χ4n) is 4.13. The molecule has 0 saturated heterocycles. The summed E-state index contributed by atoms with van der Waals surface area (Å²) in [5.74, 6) is 0. The predicted octanol–water partition coefficient (Wildman–Crippen LogP) is 9.86. The second kappa shape index (κ2) is 9.69. The minimum absolute atomic E-state index is 0. The third-order valence-corrected chi connectivity index (χ3v) is 6.18. The van der Waals surface area contributed by atoms with Gasteiger partial charge in [0.2, 0.25) is 0 Å². The smallest absolute Gasteiger partial charge is 0.0105 e. The molecule has 0 radical (unpaired) electrons. The highest BCUT2D eigenvalue weighted by Gasteiger charge is 2.21. The topological polar surface area (TPSA) is 0 Å². The summed E-state index contributed by atoms with van der Waals surface area (Å²) in [6, 6.07) is 35.5. The van der Waals surface area contributed by atoms with E-state index in [1.54, 1.807) is 0 Å². The van der Waals surface area contributed by atoms with Crippen molar-refractivity contribution in [3.05, 3.63) is 108 Å². The maximum atomic E-state index is 2.39. The van der Waals surface area contributed by atoms with Crippen molar-refractivity contribution >= 4 is 17.0 Å². The van der Waals surface area contributed by atoms with Gasteiger partial charge in [-0.25, -0.2) is 0 Å². The fourth-order valence-corrected chi connectivity index (χ4v) is 4.13. The van der Waals surface area contributed by atoms with Crippen LogP contribution in [0.3, 0.4) is 0 Å². The van der Waals surface area contributed by atoms with E-state index < -0.39 is 0 Å².